The molecular weight excluding hydrogens is 190 g/mol. The van der Waals surface area contributed by atoms with Crippen LogP contribution >= 0.6 is 0 Å². The molecule has 0 bridgehead atoms. The van der Waals surface area contributed by atoms with Crippen molar-refractivity contribution in [1.82, 2.24) is 0 Å². The molecule has 0 saturated carbocycles. The van der Waals surface area contributed by atoms with Crippen LogP contribution in [0.2, 0.25) is 0 Å². The summed E-state index contributed by atoms with van der Waals surface area (Å²) >= 11 is 0. The summed E-state index contributed by atoms with van der Waals surface area (Å²) in [7, 11) is 2.11. The quantitative estimate of drug-likeness (QED) is 0.350. The van der Waals surface area contributed by atoms with Crippen LogP contribution < -0.4 is 0 Å². The van der Waals surface area contributed by atoms with Crippen LogP contribution in [0.1, 0.15) is 32.6 Å². The number of nitrogens with zero attached hydrogens (tertiary/aromatic N) is 1. The fourth-order valence-corrected chi connectivity index (χ4v) is 1.74. The molecule has 0 radical (unpaired) electrons. The molecular formula is C12H29NO2. The molecule has 0 aromatic carbocycles. The van der Waals surface area contributed by atoms with Crippen molar-refractivity contribution < 1.29 is 14.7 Å². The molecule has 0 atom stereocenters. The molecule has 0 heterocycles. The van der Waals surface area contributed by atoms with Gasteiger partial charge in [0.25, 0.3) is 0 Å². The van der Waals surface area contributed by atoms with Crippen molar-refractivity contribution in [3.8, 4) is 0 Å². The average Bonchev–Trinajstić information content (AvgIpc) is 2.13. The van der Waals surface area contributed by atoms with Gasteiger partial charge in [0, 0.05) is 0 Å². The number of likely N-dealkylation sites (N-methyl/N-ethyl adjacent to an activating group) is 1. The van der Waals surface area contributed by atoms with Gasteiger partial charge in [0.2, 0.25) is 0 Å². The van der Waals surface area contributed by atoms with Crippen molar-refractivity contribution in [3.63, 3.8) is 0 Å². The predicted octanol–water partition coefficient (Wildman–Crippen LogP) is 1.45. The van der Waals surface area contributed by atoms with Crippen LogP contribution in [0.5, 0.6) is 0 Å². The van der Waals surface area contributed by atoms with Crippen molar-refractivity contribution in [2.45, 2.75) is 32.6 Å². The van der Waals surface area contributed by atoms with Gasteiger partial charge in [-0.25, -0.2) is 0 Å². The van der Waals surface area contributed by atoms with Crippen LogP contribution in [-0.2, 0) is 0 Å². The zero-order valence-electron chi connectivity index (χ0n) is 10.7. The van der Waals surface area contributed by atoms with Crippen molar-refractivity contribution in [1.29, 1.82) is 0 Å². The fourth-order valence-electron chi connectivity index (χ4n) is 1.74. The van der Waals surface area contributed by atoms with E-state index in [1.807, 2.05) is 0 Å². The van der Waals surface area contributed by atoms with E-state index >= 15 is 0 Å². The highest BCUT2D eigenvalue weighted by Gasteiger charge is 2.19. The van der Waals surface area contributed by atoms with E-state index in [4.69, 9.17) is 10.2 Å². The van der Waals surface area contributed by atoms with Crippen molar-refractivity contribution in [2.24, 2.45) is 0 Å². The zero-order chi connectivity index (χ0) is 10.9. The van der Waals surface area contributed by atoms with E-state index in [1.54, 1.807) is 0 Å². The Morgan fingerprint density at radius 2 is 1.40 bits per heavy atom. The van der Waals surface area contributed by atoms with E-state index in [0.717, 1.165) is 24.1 Å². The van der Waals surface area contributed by atoms with Gasteiger partial charge < -0.3 is 22.1 Å². The van der Waals surface area contributed by atoms with Crippen LogP contribution in [0.15, 0.2) is 0 Å². The summed E-state index contributed by atoms with van der Waals surface area (Å²) in [6.07, 6.45) is 5.01. The number of unbranched alkanes of at least 4 members (excludes halogenated alkanes) is 3. The second kappa shape index (κ2) is 10.4. The lowest BCUT2D eigenvalue weighted by atomic mass is 10.2. The molecule has 0 unspecified atom stereocenters. The normalized spacial score (nSPS) is 11.2. The lowest BCUT2D eigenvalue weighted by Gasteiger charge is -2.33. The van der Waals surface area contributed by atoms with E-state index in [9.17, 15) is 0 Å². The Morgan fingerprint density at radius 3 is 1.80 bits per heavy atom. The second-order valence-electron chi connectivity index (χ2n) is 4.30. The minimum absolute atomic E-state index is 0. The van der Waals surface area contributed by atoms with E-state index in [0.29, 0.717) is 0 Å². The molecule has 0 aromatic heterocycles. The third kappa shape index (κ3) is 8.85. The summed E-state index contributed by atoms with van der Waals surface area (Å²) in [4.78, 5) is 0. The third-order valence-electron chi connectivity index (χ3n) is 2.83. The molecule has 94 valence electrons. The number of hydrogen-bond donors (Lipinski definition) is 2. The number of quaternary nitrogens is 1. The standard InChI is InChI=1S/C11H26NO2.CH3/c1-3-4-5-6-7-12(2,8-10-13)9-11-14;/h13-14H,3-11H2,1-2H3;1H3/q+1;-1. The van der Waals surface area contributed by atoms with E-state index < -0.39 is 0 Å². The molecule has 3 heteroatoms. The Balaban J connectivity index is 0. The molecule has 15 heavy (non-hydrogen) atoms. The summed E-state index contributed by atoms with van der Waals surface area (Å²) in [6, 6.07) is 0. The maximum atomic E-state index is 8.93. The average molecular weight is 219 g/mol. The molecule has 0 saturated heterocycles. The summed E-state index contributed by atoms with van der Waals surface area (Å²) in [5.41, 5.74) is 0. The Hall–Kier alpha value is -0.120. The first kappa shape index (κ1) is 17.3. The SMILES string of the molecule is CCCCCC[N+](C)(CCO)CCO.[CH3-]. The lowest BCUT2D eigenvalue weighted by molar-refractivity contribution is -0.910. The number of aliphatic hydroxyl groups is 2. The predicted molar refractivity (Wildman–Crippen MR) is 65.5 cm³/mol. The van der Waals surface area contributed by atoms with Crippen LogP contribution in [0, 0.1) is 7.43 Å². The van der Waals surface area contributed by atoms with Crippen molar-refractivity contribution >= 4 is 0 Å². The highest BCUT2D eigenvalue weighted by molar-refractivity contribution is 4.43. The molecule has 0 aromatic rings. The van der Waals surface area contributed by atoms with Gasteiger partial charge in [-0.15, -0.1) is 0 Å². The Bertz CT molecular complexity index is 123. The molecule has 0 aliphatic rings. The van der Waals surface area contributed by atoms with E-state index in [1.165, 1.54) is 25.7 Å². The van der Waals surface area contributed by atoms with Gasteiger partial charge in [0.05, 0.1) is 26.8 Å². The van der Waals surface area contributed by atoms with Crippen molar-refractivity contribution in [2.75, 3.05) is 39.9 Å². The van der Waals surface area contributed by atoms with Crippen LogP contribution in [0.25, 0.3) is 0 Å². The minimum atomic E-state index is 0. The summed E-state index contributed by atoms with van der Waals surface area (Å²) in [6.45, 7) is 5.21. The summed E-state index contributed by atoms with van der Waals surface area (Å²) in [5.74, 6) is 0. The maximum absolute atomic E-state index is 8.93. The van der Waals surface area contributed by atoms with Gasteiger partial charge in [0.15, 0.2) is 0 Å². The Kier molecular flexibility index (Phi) is 12.0. The molecule has 2 N–H and O–H groups in total. The minimum Gasteiger partial charge on any atom is -0.391 e. The molecule has 0 spiro atoms. The van der Waals surface area contributed by atoms with Gasteiger partial charge in [-0.1, -0.05) is 19.8 Å². The monoisotopic (exact) mass is 219 g/mol. The molecule has 0 fully saturated rings. The molecule has 0 aliphatic carbocycles. The molecule has 0 rings (SSSR count). The maximum Gasteiger partial charge on any atom is 0.102 e. The molecule has 3 nitrogen and oxygen atoms in total. The van der Waals surface area contributed by atoms with Gasteiger partial charge in [-0.05, 0) is 12.8 Å². The molecule has 0 amide bonds. The summed E-state index contributed by atoms with van der Waals surface area (Å²) < 4.78 is 0.802. The van der Waals surface area contributed by atoms with Gasteiger partial charge in [-0.2, -0.15) is 0 Å². The first-order valence-corrected chi connectivity index (χ1v) is 5.74. The topological polar surface area (TPSA) is 40.5 Å². The largest absolute Gasteiger partial charge is 0.391 e. The number of hydrogen-bond acceptors (Lipinski definition) is 2. The highest BCUT2D eigenvalue weighted by Crippen LogP contribution is 2.07. The van der Waals surface area contributed by atoms with Crippen LogP contribution in [0.4, 0.5) is 0 Å². The Morgan fingerprint density at radius 1 is 0.867 bits per heavy atom. The number of aliphatic hydroxyl groups excluding tert-OH is 2. The zero-order valence-corrected chi connectivity index (χ0v) is 10.7. The Labute approximate surface area is 95.3 Å². The second-order valence-corrected chi connectivity index (χ2v) is 4.30. The van der Waals surface area contributed by atoms with Crippen LogP contribution in [0.3, 0.4) is 0 Å². The first-order valence-electron chi connectivity index (χ1n) is 5.74. The van der Waals surface area contributed by atoms with E-state index in [2.05, 4.69) is 14.0 Å². The highest BCUT2D eigenvalue weighted by atomic mass is 16.3. The van der Waals surface area contributed by atoms with Crippen LogP contribution in [-0.4, -0.2) is 54.6 Å². The van der Waals surface area contributed by atoms with Crippen molar-refractivity contribution in [3.05, 3.63) is 7.43 Å². The van der Waals surface area contributed by atoms with E-state index in [-0.39, 0.29) is 20.6 Å². The van der Waals surface area contributed by atoms with Gasteiger partial charge in [-0.3, -0.25) is 0 Å². The first-order chi connectivity index (χ1) is 6.68. The third-order valence-corrected chi connectivity index (χ3v) is 2.83. The lowest BCUT2D eigenvalue weighted by Crippen LogP contribution is -2.48. The fraction of sp³-hybridized carbons (Fsp3) is 0.917. The van der Waals surface area contributed by atoms with Gasteiger partial charge in [0.1, 0.15) is 13.1 Å². The summed E-state index contributed by atoms with van der Waals surface area (Å²) in [5, 5.41) is 17.9. The number of rotatable bonds is 9. The van der Waals surface area contributed by atoms with Gasteiger partial charge >= 0.3 is 0 Å². The molecule has 0 aliphatic heterocycles. The smallest absolute Gasteiger partial charge is 0.102 e.